The van der Waals surface area contributed by atoms with Gasteiger partial charge in [0.25, 0.3) is 0 Å². The third-order valence-electron chi connectivity index (χ3n) is 1.94. The lowest BCUT2D eigenvalue weighted by Crippen LogP contribution is -2.06. The molecular formula is C10H14O4S. The second-order valence-electron chi connectivity index (χ2n) is 3.26. The lowest BCUT2D eigenvalue weighted by Gasteiger charge is -2.03. The number of unbranched alkanes of at least 4 members (excludes halogenated alkanes) is 1. The van der Waals surface area contributed by atoms with Gasteiger partial charge in [0, 0.05) is 0 Å². The topological polar surface area (TPSA) is 63.6 Å². The van der Waals surface area contributed by atoms with Gasteiger partial charge in [-0.3, -0.25) is 4.55 Å². The number of hydrogen-bond acceptors (Lipinski definition) is 3. The van der Waals surface area contributed by atoms with Crippen LogP contribution in [0.3, 0.4) is 0 Å². The van der Waals surface area contributed by atoms with Crippen molar-refractivity contribution in [3.63, 3.8) is 0 Å². The second-order valence-corrected chi connectivity index (χ2v) is 4.28. The van der Waals surface area contributed by atoms with Crippen LogP contribution in [-0.4, -0.2) is 13.0 Å². The van der Waals surface area contributed by atoms with Crippen molar-refractivity contribution in [1.82, 2.24) is 0 Å². The molecule has 0 bridgehead atoms. The molecule has 0 heterocycles. The molecule has 0 aromatic heterocycles. The fraction of sp³-hybridized carbons (Fsp3) is 0.400. The van der Waals surface area contributed by atoms with Crippen molar-refractivity contribution >= 4 is 10.4 Å². The van der Waals surface area contributed by atoms with Crippen LogP contribution in [0.2, 0.25) is 0 Å². The first-order valence-corrected chi connectivity index (χ1v) is 6.13. The molecule has 5 heteroatoms. The SMILES string of the molecule is CCCCc1ccc(OS(=O)(=O)O)cc1. The van der Waals surface area contributed by atoms with Gasteiger partial charge in [0.05, 0.1) is 0 Å². The van der Waals surface area contributed by atoms with Crippen molar-refractivity contribution in [3.05, 3.63) is 29.8 Å². The molecule has 1 rings (SSSR count). The van der Waals surface area contributed by atoms with Crippen LogP contribution >= 0.6 is 0 Å². The van der Waals surface area contributed by atoms with E-state index in [1.165, 1.54) is 12.1 Å². The van der Waals surface area contributed by atoms with E-state index < -0.39 is 10.4 Å². The summed E-state index contributed by atoms with van der Waals surface area (Å²) in [6.07, 6.45) is 3.17. The molecule has 0 saturated carbocycles. The van der Waals surface area contributed by atoms with E-state index in [0.29, 0.717) is 0 Å². The fourth-order valence-electron chi connectivity index (χ4n) is 1.21. The molecule has 0 spiro atoms. The van der Waals surface area contributed by atoms with Crippen LogP contribution in [0.1, 0.15) is 25.3 Å². The zero-order chi connectivity index (χ0) is 11.3. The predicted octanol–water partition coefficient (Wildman–Crippen LogP) is 2.21. The lowest BCUT2D eigenvalue weighted by atomic mass is 10.1. The van der Waals surface area contributed by atoms with Gasteiger partial charge in [0.1, 0.15) is 5.75 Å². The zero-order valence-electron chi connectivity index (χ0n) is 8.51. The summed E-state index contributed by atoms with van der Waals surface area (Å²) >= 11 is 0. The van der Waals surface area contributed by atoms with E-state index in [1.54, 1.807) is 12.1 Å². The first kappa shape index (κ1) is 12.0. The summed E-state index contributed by atoms with van der Waals surface area (Å²) in [5.74, 6) is 0.123. The molecule has 0 radical (unpaired) electrons. The van der Waals surface area contributed by atoms with Crippen molar-refractivity contribution in [1.29, 1.82) is 0 Å². The molecule has 0 atom stereocenters. The van der Waals surface area contributed by atoms with Crippen LogP contribution < -0.4 is 4.18 Å². The minimum Gasteiger partial charge on any atom is -0.362 e. The molecule has 0 aliphatic carbocycles. The zero-order valence-corrected chi connectivity index (χ0v) is 9.33. The Morgan fingerprint density at radius 3 is 2.33 bits per heavy atom. The summed E-state index contributed by atoms with van der Waals surface area (Å²) in [4.78, 5) is 0. The molecule has 0 unspecified atom stereocenters. The van der Waals surface area contributed by atoms with Crippen molar-refractivity contribution in [3.8, 4) is 5.75 Å². The Kier molecular flexibility index (Phi) is 4.11. The number of hydrogen-bond donors (Lipinski definition) is 1. The fourth-order valence-corrected chi connectivity index (χ4v) is 1.57. The highest BCUT2D eigenvalue weighted by Gasteiger charge is 2.05. The maximum atomic E-state index is 10.4. The molecule has 15 heavy (non-hydrogen) atoms. The third kappa shape index (κ3) is 4.80. The first-order valence-electron chi connectivity index (χ1n) is 4.77. The summed E-state index contributed by atoms with van der Waals surface area (Å²) in [5.41, 5.74) is 1.12. The van der Waals surface area contributed by atoms with Gasteiger partial charge in [-0.25, -0.2) is 0 Å². The number of benzene rings is 1. The Morgan fingerprint density at radius 2 is 1.87 bits per heavy atom. The van der Waals surface area contributed by atoms with Crippen molar-refractivity contribution in [2.45, 2.75) is 26.2 Å². The van der Waals surface area contributed by atoms with Crippen LogP contribution in [0.4, 0.5) is 0 Å². The van der Waals surface area contributed by atoms with Gasteiger partial charge in [0.2, 0.25) is 0 Å². The van der Waals surface area contributed by atoms with Crippen LogP contribution in [0.25, 0.3) is 0 Å². The van der Waals surface area contributed by atoms with Crippen LogP contribution in [0.5, 0.6) is 5.75 Å². The first-order chi connectivity index (χ1) is 7.01. The van der Waals surface area contributed by atoms with E-state index in [-0.39, 0.29) is 5.75 Å². The largest absolute Gasteiger partial charge is 0.446 e. The summed E-state index contributed by atoms with van der Waals surface area (Å²) in [6, 6.07) is 6.63. The Morgan fingerprint density at radius 1 is 1.27 bits per heavy atom. The molecule has 84 valence electrons. The Balaban J connectivity index is 2.64. The monoisotopic (exact) mass is 230 g/mol. The van der Waals surface area contributed by atoms with Crippen LogP contribution in [0.15, 0.2) is 24.3 Å². The van der Waals surface area contributed by atoms with Crippen molar-refractivity contribution in [2.75, 3.05) is 0 Å². The Hall–Kier alpha value is -1.07. The van der Waals surface area contributed by atoms with E-state index in [9.17, 15) is 8.42 Å². The van der Waals surface area contributed by atoms with Gasteiger partial charge in [-0.1, -0.05) is 25.5 Å². The van der Waals surface area contributed by atoms with Crippen LogP contribution in [-0.2, 0) is 16.8 Å². The normalized spacial score (nSPS) is 11.3. The number of rotatable bonds is 5. The molecule has 1 aromatic rings. The van der Waals surface area contributed by atoms with Gasteiger partial charge in [-0.2, -0.15) is 8.42 Å². The van der Waals surface area contributed by atoms with Gasteiger partial charge >= 0.3 is 10.4 Å². The summed E-state index contributed by atoms with van der Waals surface area (Å²) in [7, 11) is -4.41. The summed E-state index contributed by atoms with van der Waals surface area (Å²) in [5, 5.41) is 0. The predicted molar refractivity (Wildman–Crippen MR) is 57.2 cm³/mol. The van der Waals surface area contributed by atoms with Gasteiger partial charge in [0.15, 0.2) is 0 Å². The van der Waals surface area contributed by atoms with Gasteiger partial charge in [-0.15, -0.1) is 0 Å². The lowest BCUT2D eigenvalue weighted by molar-refractivity contribution is 0.387. The van der Waals surface area contributed by atoms with Crippen molar-refractivity contribution in [2.24, 2.45) is 0 Å². The maximum absolute atomic E-state index is 10.4. The average Bonchev–Trinajstić information content (AvgIpc) is 2.14. The van der Waals surface area contributed by atoms with Gasteiger partial charge < -0.3 is 4.18 Å². The second kappa shape index (κ2) is 5.14. The quantitative estimate of drug-likeness (QED) is 0.788. The molecule has 1 N–H and O–H groups in total. The standard InChI is InChI=1S/C10H14O4S/c1-2-3-4-9-5-7-10(8-6-9)14-15(11,12)13/h5-8H,2-4H2,1H3,(H,11,12,13). The minimum absolute atomic E-state index is 0.123. The summed E-state index contributed by atoms with van der Waals surface area (Å²) in [6.45, 7) is 2.11. The highest BCUT2D eigenvalue weighted by Crippen LogP contribution is 2.15. The smallest absolute Gasteiger partial charge is 0.362 e. The molecule has 0 aliphatic heterocycles. The highest BCUT2D eigenvalue weighted by atomic mass is 32.3. The van der Waals surface area contributed by atoms with Gasteiger partial charge in [-0.05, 0) is 30.5 Å². The molecule has 0 aliphatic rings. The highest BCUT2D eigenvalue weighted by molar-refractivity contribution is 7.81. The molecule has 4 nitrogen and oxygen atoms in total. The third-order valence-corrected chi connectivity index (χ3v) is 2.35. The number of aryl methyl sites for hydroxylation is 1. The molecule has 0 saturated heterocycles. The van der Waals surface area contributed by atoms with E-state index in [2.05, 4.69) is 11.1 Å². The van der Waals surface area contributed by atoms with E-state index in [4.69, 9.17) is 4.55 Å². The van der Waals surface area contributed by atoms with Crippen molar-refractivity contribution < 1.29 is 17.2 Å². The summed E-state index contributed by atoms with van der Waals surface area (Å²) < 4.78 is 33.5. The molecule has 1 aromatic carbocycles. The van der Waals surface area contributed by atoms with E-state index in [1.807, 2.05) is 0 Å². The average molecular weight is 230 g/mol. The minimum atomic E-state index is -4.41. The Labute approximate surface area is 89.8 Å². The van der Waals surface area contributed by atoms with Crippen LogP contribution in [0, 0.1) is 0 Å². The molecule has 0 amide bonds. The van der Waals surface area contributed by atoms with E-state index >= 15 is 0 Å². The molecule has 0 fully saturated rings. The Bertz CT molecular complexity index is 394. The maximum Gasteiger partial charge on any atom is 0.446 e. The molecular weight excluding hydrogens is 216 g/mol. The van der Waals surface area contributed by atoms with E-state index in [0.717, 1.165) is 24.8 Å².